The van der Waals surface area contributed by atoms with Crippen LogP contribution >= 0.6 is 0 Å². The summed E-state index contributed by atoms with van der Waals surface area (Å²) in [6.07, 6.45) is 3.79. The van der Waals surface area contributed by atoms with Crippen LogP contribution in [0.25, 0.3) is 0 Å². The molecule has 0 aromatic carbocycles. The number of rotatable bonds is 5. The lowest BCUT2D eigenvalue weighted by Crippen LogP contribution is -2.48. The van der Waals surface area contributed by atoms with Gasteiger partial charge in [-0.05, 0) is 31.8 Å². The Kier molecular flexibility index (Phi) is 5.58. The van der Waals surface area contributed by atoms with E-state index in [1.54, 1.807) is 0 Å². The molecule has 0 aromatic rings. The zero-order valence-electron chi connectivity index (χ0n) is 10.2. The summed E-state index contributed by atoms with van der Waals surface area (Å²) in [4.78, 5) is 2.53. The third-order valence-electron chi connectivity index (χ3n) is 3.35. The second-order valence-corrected chi connectivity index (χ2v) is 5.13. The normalized spacial score (nSPS) is 25.8. The highest BCUT2D eigenvalue weighted by molar-refractivity contribution is 4.83. The summed E-state index contributed by atoms with van der Waals surface area (Å²) >= 11 is 0. The largest absolute Gasteiger partial charge is 0.396 e. The first-order valence-electron chi connectivity index (χ1n) is 6.24. The third-order valence-corrected chi connectivity index (χ3v) is 3.35. The molecule has 3 N–H and O–H groups in total. The smallest absolute Gasteiger partial charge is 0.0486 e. The molecule has 3 heteroatoms. The first-order chi connectivity index (χ1) is 7.19. The number of hydrogen-bond acceptors (Lipinski definition) is 3. The molecule has 0 spiro atoms. The molecule has 0 aromatic heterocycles. The predicted octanol–water partition coefficient (Wildman–Crippen LogP) is 1.06. The maximum Gasteiger partial charge on any atom is 0.0486 e. The molecular formula is C12H26N2O. The minimum absolute atomic E-state index is 0.232. The van der Waals surface area contributed by atoms with Crippen molar-refractivity contribution in [2.45, 2.75) is 39.2 Å². The van der Waals surface area contributed by atoms with Crippen LogP contribution < -0.4 is 5.73 Å². The molecule has 1 aliphatic rings. The van der Waals surface area contributed by atoms with E-state index >= 15 is 0 Å². The highest BCUT2D eigenvalue weighted by atomic mass is 16.3. The van der Waals surface area contributed by atoms with Gasteiger partial charge in [0.1, 0.15) is 0 Å². The van der Waals surface area contributed by atoms with Gasteiger partial charge in [0.25, 0.3) is 0 Å². The van der Waals surface area contributed by atoms with Crippen molar-refractivity contribution in [1.82, 2.24) is 4.90 Å². The van der Waals surface area contributed by atoms with Crippen LogP contribution in [0.2, 0.25) is 0 Å². The molecule has 0 saturated carbocycles. The molecule has 1 heterocycles. The van der Waals surface area contributed by atoms with Gasteiger partial charge < -0.3 is 10.8 Å². The van der Waals surface area contributed by atoms with Crippen LogP contribution in [0, 0.1) is 11.8 Å². The summed E-state index contributed by atoms with van der Waals surface area (Å²) in [5.41, 5.74) is 5.72. The summed E-state index contributed by atoms with van der Waals surface area (Å²) in [7, 11) is 0. The van der Waals surface area contributed by atoms with Crippen molar-refractivity contribution in [1.29, 1.82) is 0 Å². The summed E-state index contributed by atoms with van der Waals surface area (Å²) in [6.45, 7) is 7.66. The zero-order valence-corrected chi connectivity index (χ0v) is 10.2. The lowest BCUT2D eigenvalue weighted by Gasteiger charge is -2.40. The predicted molar refractivity (Wildman–Crippen MR) is 63.7 cm³/mol. The van der Waals surface area contributed by atoms with E-state index in [1.165, 1.54) is 25.8 Å². The van der Waals surface area contributed by atoms with Gasteiger partial charge in [-0.15, -0.1) is 0 Å². The van der Waals surface area contributed by atoms with Crippen molar-refractivity contribution in [2.75, 3.05) is 26.2 Å². The molecule has 1 saturated heterocycles. The van der Waals surface area contributed by atoms with Crippen LogP contribution in [0.5, 0.6) is 0 Å². The fourth-order valence-electron chi connectivity index (χ4n) is 2.60. The molecule has 0 bridgehead atoms. The number of piperidine rings is 1. The quantitative estimate of drug-likeness (QED) is 0.719. The van der Waals surface area contributed by atoms with E-state index in [0.717, 1.165) is 6.54 Å². The zero-order chi connectivity index (χ0) is 11.3. The summed E-state index contributed by atoms with van der Waals surface area (Å²) in [6, 6.07) is 0.510. The molecule has 1 rings (SSSR count). The molecule has 2 unspecified atom stereocenters. The van der Waals surface area contributed by atoms with Crippen LogP contribution in [-0.2, 0) is 0 Å². The molecule has 0 radical (unpaired) electrons. The van der Waals surface area contributed by atoms with Crippen LogP contribution in [-0.4, -0.2) is 42.3 Å². The minimum atomic E-state index is 0.232. The van der Waals surface area contributed by atoms with Gasteiger partial charge in [-0.1, -0.05) is 20.3 Å². The first kappa shape index (κ1) is 12.9. The van der Waals surface area contributed by atoms with Gasteiger partial charge in [0.15, 0.2) is 0 Å². The van der Waals surface area contributed by atoms with E-state index in [1.807, 2.05) is 0 Å². The molecule has 2 atom stereocenters. The van der Waals surface area contributed by atoms with Crippen molar-refractivity contribution in [3.63, 3.8) is 0 Å². The average molecular weight is 214 g/mol. The van der Waals surface area contributed by atoms with Gasteiger partial charge in [0.05, 0.1) is 0 Å². The van der Waals surface area contributed by atoms with Crippen molar-refractivity contribution in [3.8, 4) is 0 Å². The topological polar surface area (TPSA) is 49.5 Å². The van der Waals surface area contributed by atoms with Crippen molar-refractivity contribution >= 4 is 0 Å². The number of aliphatic hydroxyl groups excluding tert-OH is 1. The van der Waals surface area contributed by atoms with Crippen molar-refractivity contribution in [2.24, 2.45) is 17.6 Å². The van der Waals surface area contributed by atoms with Gasteiger partial charge >= 0.3 is 0 Å². The number of likely N-dealkylation sites (tertiary alicyclic amines) is 1. The number of hydrogen-bond donors (Lipinski definition) is 2. The van der Waals surface area contributed by atoms with E-state index in [0.29, 0.717) is 18.5 Å². The van der Waals surface area contributed by atoms with Crippen LogP contribution in [0.4, 0.5) is 0 Å². The molecule has 15 heavy (non-hydrogen) atoms. The fourth-order valence-corrected chi connectivity index (χ4v) is 2.60. The van der Waals surface area contributed by atoms with E-state index < -0.39 is 0 Å². The van der Waals surface area contributed by atoms with Gasteiger partial charge in [0, 0.05) is 25.1 Å². The second-order valence-electron chi connectivity index (χ2n) is 5.13. The standard InChI is InChI=1S/C12H26N2O/c1-10(2)8-14-6-4-3-5-12(14)11(7-13)9-15/h10-12,15H,3-9,13H2,1-2H3. The molecule has 3 nitrogen and oxygen atoms in total. The Morgan fingerprint density at radius 3 is 2.67 bits per heavy atom. The Bertz CT molecular complexity index is 169. The molecule has 1 fully saturated rings. The van der Waals surface area contributed by atoms with Gasteiger partial charge in [-0.2, -0.15) is 0 Å². The van der Waals surface area contributed by atoms with Crippen LogP contribution in [0.3, 0.4) is 0 Å². The van der Waals surface area contributed by atoms with Crippen molar-refractivity contribution in [3.05, 3.63) is 0 Å². The number of nitrogens with two attached hydrogens (primary N) is 1. The SMILES string of the molecule is CC(C)CN1CCCCC1C(CN)CO. The summed E-state index contributed by atoms with van der Waals surface area (Å²) in [5, 5.41) is 9.32. The lowest BCUT2D eigenvalue weighted by molar-refractivity contribution is 0.0621. The molecule has 1 aliphatic heterocycles. The third kappa shape index (κ3) is 3.74. The van der Waals surface area contributed by atoms with Gasteiger partial charge in [-0.25, -0.2) is 0 Å². The van der Waals surface area contributed by atoms with Gasteiger partial charge in [0.2, 0.25) is 0 Å². The molecular weight excluding hydrogens is 188 g/mol. The summed E-state index contributed by atoms with van der Waals surface area (Å²) < 4.78 is 0. The van der Waals surface area contributed by atoms with E-state index in [4.69, 9.17) is 5.73 Å². The minimum Gasteiger partial charge on any atom is -0.396 e. The highest BCUT2D eigenvalue weighted by Gasteiger charge is 2.28. The first-order valence-corrected chi connectivity index (χ1v) is 6.24. The van der Waals surface area contributed by atoms with E-state index in [-0.39, 0.29) is 12.5 Å². The van der Waals surface area contributed by atoms with E-state index in [9.17, 15) is 5.11 Å². The molecule has 90 valence electrons. The Morgan fingerprint density at radius 2 is 2.13 bits per heavy atom. The van der Waals surface area contributed by atoms with Crippen LogP contribution in [0.1, 0.15) is 33.1 Å². The maximum atomic E-state index is 9.32. The Labute approximate surface area is 93.6 Å². The van der Waals surface area contributed by atoms with Crippen LogP contribution in [0.15, 0.2) is 0 Å². The monoisotopic (exact) mass is 214 g/mol. The average Bonchev–Trinajstić information content (AvgIpc) is 2.21. The Morgan fingerprint density at radius 1 is 1.40 bits per heavy atom. The van der Waals surface area contributed by atoms with Crippen molar-refractivity contribution < 1.29 is 5.11 Å². The lowest BCUT2D eigenvalue weighted by atomic mass is 9.90. The van der Waals surface area contributed by atoms with Gasteiger partial charge in [-0.3, -0.25) is 4.90 Å². The summed E-state index contributed by atoms with van der Waals surface area (Å²) in [5.74, 6) is 0.965. The fraction of sp³-hybridized carbons (Fsp3) is 1.00. The number of nitrogens with zero attached hydrogens (tertiary/aromatic N) is 1. The molecule has 0 amide bonds. The highest BCUT2D eigenvalue weighted by Crippen LogP contribution is 2.23. The second kappa shape index (κ2) is 6.46. The molecule has 0 aliphatic carbocycles. The Hall–Kier alpha value is -0.120. The van der Waals surface area contributed by atoms with E-state index in [2.05, 4.69) is 18.7 Å². The number of aliphatic hydroxyl groups is 1. The Balaban J connectivity index is 2.55. The maximum absolute atomic E-state index is 9.32.